The Kier molecular flexibility index (Phi) is 2.67. The second kappa shape index (κ2) is 3.78. The van der Waals surface area contributed by atoms with E-state index in [4.69, 9.17) is 4.74 Å². The number of ether oxygens (including phenoxy) is 1. The van der Waals surface area contributed by atoms with E-state index < -0.39 is 0 Å². The van der Waals surface area contributed by atoms with Gasteiger partial charge in [0.25, 0.3) is 0 Å². The number of hydrogen-bond donors (Lipinski definition) is 1. The molecule has 0 aromatic carbocycles. The Morgan fingerprint density at radius 3 is 3.31 bits per heavy atom. The molecule has 2 nitrogen and oxygen atoms in total. The van der Waals surface area contributed by atoms with Gasteiger partial charge in [0.05, 0.1) is 6.61 Å². The molecule has 1 aliphatic heterocycles. The van der Waals surface area contributed by atoms with Gasteiger partial charge in [-0.2, -0.15) is 0 Å². The fourth-order valence-electron chi connectivity index (χ4n) is 1.70. The molecule has 72 valence electrons. The molecule has 2 atom stereocenters. The van der Waals surface area contributed by atoms with Crippen LogP contribution < -0.4 is 5.32 Å². The zero-order valence-electron chi connectivity index (χ0n) is 8.04. The summed E-state index contributed by atoms with van der Waals surface area (Å²) in [7, 11) is 1.98. The molecule has 2 heterocycles. The van der Waals surface area contributed by atoms with Crippen LogP contribution in [0.4, 0.5) is 0 Å². The van der Waals surface area contributed by atoms with Crippen molar-refractivity contribution in [3.05, 3.63) is 21.9 Å². The van der Waals surface area contributed by atoms with Gasteiger partial charge < -0.3 is 10.1 Å². The molecule has 1 aromatic heterocycles. The van der Waals surface area contributed by atoms with E-state index in [1.54, 1.807) is 0 Å². The summed E-state index contributed by atoms with van der Waals surface area (Å²) in [6.07, 6.45) is 1.33. The first kappa shape index (κ1) is 9.19. The Morgan fingerprint density at radius 2 is 2.54 bits per heavy atom. The van der Waals surface area contributed by atoms with Crippen molar-refractivity contribution in [2.45, 2.75) is 25.5 Å². The number of nitrogens with one attached hydrogen (secondary N) is 1. The summed E-state index contributed by atoms with van der Waals surface area (Å²) in [5, 5.41) is 5.41. The summed E-state index contributed by atoms with van der Waals surface area (Å²) in [4.78, 5) is 1.41. The molecule has 0 aliphatic carbocycles. The Hall–Kier alpha value is -0.380. The van der Waals surface area contributed by atoms with Gasteiger partial charge in [-0.1, -0.05) is 0 Å². The molecular weight excluding hydrogens is 182 g/mol. The quantitative estimate of drug-likeness (QED) is 0.782. The van der Waals surface area contributed by atoms with Crippen LogP contribution in [0.1, 0.15) is 23.5 Å². The standard InChI is InChI=1S/C10H15NOS/c1-7(11-2)9-10-8(3-5-12-9)4-6-13-10/h4,6-7,9,11H,3,5H2,1-2H3/t7-,9+/m0/s1. The predicted octanol–water partition coefficient (Wildman–Crippen LogP) is 1.97. The molecule has 1 aliphatic rings. The molecule has 0 unspecified atom stereocenters. The third-order valence-corrected chi connectivity index (χ3v) is 3.64. The van der Waals surface area contributed by atoms with Gasteiger partial charge in [-0.15, -0.1) is 11.3 Å². The van der Waals surface area contributed by atoms with E-state index in [1.165, 1.54) is 10.4 Å². The number of hydrogen-bond acceptors (Lipinski definition) is 3. The molecule has 1 aromatic rings. The Morgan fingerprint density at radius 1 is 1.69 bits per heavy atom. The van der Waals surface area contributed by atoms with Crippen molar-refractivity contribution in [2.75, 3.05) is 13.7 Å². The Bertz CT molecular complexity index is 284. The maximum absolute atomic E-state index is 5.76. The number of likely N-dealkylation sites (N-methyl/N-ethyl adjacent to an activating group) is 1. The molecule has 0 amide bonds. The summed E-state index contributed by atoms with van der Waals surface area (Å²) in [5.41, 5.74) is 1.48. The van der Waals surface area contributed by atoms with Crippen LogP contribution in [0.5, 0.6) is 0 Å². The molecule has 0 radical (unpaired) electrons. The van der Waals surface area contributed by atoms with E-state index in [1.807, 2.05) is 18.4 Å². The molecule has 0 saturated carbocycles. The lowest BCUT2D eigenvalue weighted by Crippen LogP contribution is -2.32. The van der Waals surface area contributed by atoms with Crippen molar-refractivity contribution in [3.63, 3.8) is 0 Å². The van der Waals surface area contributed by atoms with Crippen LogP contribution in [-0.4, -0.2) is 19.7 Å². The Labute approximate surface area is 82.9 Å². The lowest BCUT2D eigenvalue weighted by Gasteiger charge is -2.27. The highest BCUT2D eigenvalue weighted by Crippen LogP contribution is 2.33. The summed E-state index contributed by atoms with van der Waals surface area (Å²) < 4.78 is 5.76. The highest BCUT2D eigenvalue weighted by molar-refractivity contribution is 7.10. The second-order valence-electron chi connectivity index (χ2n) is 3.43. The normalized spacial score (nSPS) is 24.0. The first-order chi connectivity index (χ1) is 6.33. The number of rotatable bonds is 2. The van der Waals surface area contributed by atoms with Crippen molar-refractivity contribution in [2.24, 2.45) is 0 Å². The van der Waals surface area contributed by atoms with Crippen LogP contribution in [-0.2, 0) is 11.2 Å². The predicted molar refractivity (Wildman–Crippen MR) is 55.2 cm³/mol. The van der Waals surface area contributed by atoms with Crippen LogP contribution >= 0.6 is 11.3 Å². The minimum absolute atomic E-state index is 0.258. The number of fused-ring (bicyclic) bond motifs is 1. The third-order valence-electron chi connectivity index (χ3n) is 2.62. The molecule has 3 heteroatoms. The molecule has 1 N–H and O–H groups in total. The SMILES string of the molecule is CN[C@@H](C)[C@H]1OCCc2ccsc21. The van der Waals surface area contributed by atoms with Crippen molar-refractivity contribution >= 4 is 11.3 Å². The summed E-state index contributed by atoms with van der Waals surface area (Å²) in [6.45, 7) is 3.03. The van der Waals surface area contributed by atoms with Gasteiger partial charge in [0, 0.05) is 10.9 Å². The fourth-order valence-corrected chi connectivity index (χ4v) is 2.80. The molecule has 2 rings (SSSR count). The summed E-state index contributed by atoms with van der Waals surface area (Å²) in [6, 6.07) is 2.62. The first-order valence-electron chi connectivity index (χ1n) is 4.68. The van der Waals surface area contributed by atoms with Gasteiger partial charge in [-0.25, -0.2) is 0 Å². The van der Waals surface area contributed by atoms with Gasteiger partial charge in [-0.3, -0.25) is 0 Å². The molecule has 0 saturated heterocycles. The maximum Gasteiger partial charge on any atom is 0.107 e. The molecular formula is C10H15NOS. The minimum Gasteiger partial charge on any atom is -0.371 e. The van der Waals surface area contributed by atoms with Crippen molar-refractivity contribution in [1.29, 1.82) is 0 Å². The highest BCUT2D eigenvalue weighted by atomic mass is 32.1. The lowest BCUT2D eigenvalue weighted by molar-refractivity contribution is 0.0245. The van der Waals surface area contributed by atoms with Crippen molar-refractivity contribution in [1.82, 2.24) is 5.32 Å². The third kappa shape index (κ3) is 1.64. The largest absolute Gasteiger partial charge is 0.371 e. The van der Waals surface area contributed by atoms with Crippen LogP contribution in [0.3, 0.4) is 0 Å². The van der Waals surface area contributed by atoms with E-state index in [0.717, 1.165) is 13.0 Å². The lowest BCUT2D eigenvalue weighted by atomic mass is 10.0. The van der Waals surface area contributed by atoms with E-state index in [-0.39, 0.29) is 6.10 Å². The van der Waals surface area contributed by atoms with E-state index >= 15 is 0 Å². The van der Waals surface area contributed by atoms with Crippen LogP contribution in [0.15, 0.2) is 11.4 Å². The van der Waals surface area contributed by atoms with E-state index in [2.05, 4.69) is 23.7 Å². The molecule has 0 bridgehead atoms. The summed E-state index contributed by atoms with van der Waals surface area (Å²) >= 11 is 1.81. The molecule has 0 spiro atoms. The summed E-state index contributed by atoms with van der Waals surface area (Å²) in [5.74, 6) is 0. The fraction of sp³-hybridized carbons (Fsp3) is 0.600. The molecule has 13 heavy (non-hydrogen) atoms. The van der Waals surface area contributed by atoms with Gasteiger partial charge >= 0.3 is 0 Å². The van der Waals surface area contributed by atoms with Gasteiger partial charge in [-0.05, 0) is 37.4 Å². The zero-order chi connectivity index (χ0) is 9.26. The maximum atomic E-state index is 5.76. The minimum atomic E-state index is 0.258. The van der Waals surface area contributed by atoms with Crippen molar-refractivity contribution in [3.8, 4) is 0 Å². The Balaban J connectivity index is 2.24. The number of thiophene rings is 1. The van der Waals surface area contributed by atoms with Crippen LogP contribution in [0.25, 0.3) is 0 Å². The zero-order valence-corrected chi connectivity index (χ0v) is 8.86. The smallest absolute Gasteiger partial charge is 0.107 e. The second-order valence-corrected chi connectivity index (χ2v) is 4.38. The van der Waals surface area contributed by atoms with Crippen molar-refractivity contribution < 1.29 is 4.74 Å². The highest BCUT2D eigenvalue weighted by Gasteiger charge is 2.26. The average molecular weight is 197 g/mol. The van der Waals surface area contributed by atoms with E-state index in [0.29, 0.717) is 6.04 Å². The van der Waals surface area contributed by atoms with Crippen LogP contribution in [0, 0.1) is 0 Å². The van der Waals surface area contributed by atoms with Crippen LogP contribution in [0.2, 0.25) is 0 Å². The van der Waals surface area contributed by atoms with Gasteiger partial charge in [0.1, 0.15) is 6.10 Å². The monoisotopic (exact) mass is 197 g/mol. The first-order valence-corrected chi connectivity index (χ1v) is 5.56. The molecule has 0 fully saturated rings. The van der Waals surface area contributed by atoms with Gasteiger partial charge in [0.15, 0.2) is 0 Å². The van der Waals surface area contributed by atoms with E-state index in [9.17, 15) is 0 Å². The average Bonchev–Trinajstić information content (AvgIpc) is 2.63. The topological polar surface area (TPSA) is 21.3 Å². The van der Waals surface area contributed by atoms with Gasteiger partial charge in [0.2, 0.25) is 0 Å².